The Bertz CT molecular complexity index is 1900. The highest BCUT2D eigenvalue weighted by Gasteiger charge is 2.52. The lowest BCUT2D eigenvalue weighted by Crippen LogP contribution is -2.50. The molecule has 5 aliphatic rings. The quantitative estimate of drug-likeness (QED) is 0.123. The molecule has 10 atom stereocenters. The Morgan fingerprint density at radius 3 is 0.554 bits per heavy atom. The van der Waals surface area contributed by atoms with Crippen molar-refractivity contribution in [2.75, 3.05) is 0 Å². The molecule has 8 rings (SSSR count). The summed E-state index contributed by atoms with van der Waals surface area (Å²) in [6.07, 6.45) is -0.137. The molecular weight excluding hydrogens is 785 g/mol. The summed E-state index contributed by atoms with van der Waals surface area (Å²) in [7, 11) is 0. The second-order valence-corrected chi connectivity index (χ2v) is 15.4. The van der Waals surface area contributed by atoms with Crippen LogP contribution in [-0.4, -0.2) is 48.3 Å². The molecule has 56 heavy (non-hydrogen) atoms. The molecule has 4 N–H and O–H groups in total. The summed E-state index contributed by atoms with van der Waals surface area (Å²) in [5.41, 5.74) is -3.68. The van der Waals surface area contributed by atoms with Crippen LogP contribution in [-0.2, 0) is 0 Å². The molecule has 0 amide bonds. The van der Waals surface area contributed by atoms with E-state index in [1.54, 1.807) is 0 Å². The van der Waals surface area contributed by atoms with E-state index in [0.717, 1.165) is 0 Å². The average molecular weight is 817 g/mol. The van der Waals surface area contributed by atoms with Gasteiger partial charge in [-0.25, -0.2) is 65.9 Å². The molecule has 5 saturated heterocycles. The maximum atomic E-state index is 15.7. The van der Waals surface area contributed by atoms with Crippen molar-refractivity contribution in [3.8, 4) is 0 Å². The van der Waals surface area contributed by atoms with Crippen LogP contribution in [0.5, 0.6) is 0 Å². The zero-order chi connectivity index (χ0) is 40.2. The highest BCUT2D eigenvalue weighted by molar-refractivity contribution is 5.36. The third-order valence-electron chi connectivity index (χ3n) is 12.7. The van der Waals surface area contributed by atoms with Gasteiger partial charge in [-0.2, -0.15) is 0 Å². The van der Waals surface area contributed by atoms with Gasteiger partial charge >= 0.3 is 0 Å². The summed E-state index contributed by atoms with van der Waals surface area (Å²) in [6, 6.07) is -8.33. The summed E-state index contributed by atoms with van der Waals surface area (Å²) in [5.74, 6) is -38.6. The van der Waals surface area contributed by atoms with Gasteiger partial charge in [0.15, 0.2) is 69.8 Å². The predicted octanol–water partition coefficient (Wildman–Crippen LogP) is 7.92. The van der Waals surface area contributed by atoms with E-state index in [-0.39, 0.29) is 51.4 Å². The molecule has 0 aromatic heterocycles. The molecule has 19 heteroatoms. The number of benzene rings is 3. The van der Waals surface area contributed by atoms with Gasteiger partial charge in [0.2, 0.25) is 17.5 Å². The maximum Gasteiger partial charge on any atom is 0.200 e. The Hall–Kier alpha value is -3.55. The van der Waals surface area contributed by atoms with Gasteiger partial charge in [0.1, 0.15) is 0 Å². The van der Waals surface area contributed by atoms with Crippen molar-refractivity contribution in [3.63, 3.8) is 0 Å². The van der Waals surface area contributed by atoms with Gasteiger partial charge < -0.3 is 21.3 Å². The fourth-order valence-corrected chi connectivity index (χ4v) is 10.3. The topological polar surface area (TPSA) is 48.1 Å². The number of hydrogen-bond donors (Lipinski definition) is 4. The molecule has 0 aliphatic carbocycles. The van der Waals surface area contributed by atoms with Gasteiger partial charge in [-0.15, -0.1) is 0 Å². The Balaban J connectivity index is 1.30. The van der Waals surface area contributed by atoms with E-state index in [1.165, 1.54) is 0 Å². The van der Waals surface area contributed by atoms with Crippen LogP contribution >= 0.6 is 0 Å². The number of hydrogen-bond acceptors (Lipinski definition) is 4. The van der Waals surface area contributed by atoms with Crippen molar-refractivity contribution in [1.29, 1.82) is 0 Å². The summed E-state index contributed by atoms with van der Waals surface area (Å²) in [6.45, 7) is 0. The van der Waals surface area contributed by atoms with Gasteiger partial charge in [-0.05, 0) is 51.4 Å². The molecule has 304 valence electrons. The Morgan fingerprint density at radius 1 is 0.214 bits per heavy atom. The van der Waals surface area contributed by atoms with Crippen molar-refractivity contribution in [3.05, 3.63) is 104 Å². The largest absolute Gasteiger partial charge is 0.310 e. The summed E-state index contributed by atoms with van der Waals surface area (Å²) in [5, 5.41) is 12.3. The molecule has 3 aromatic carbocycles. The van der Waals surface area contributed by atoms with Crippen LogP contribution in [0.1, 0.15) is 85.8 Å². The van der Waals surface area contributed by atoms with Gasteiger partial charge in [-0.1, -0.05) is 0 Å². The molecule has 5 aliphatic heterocycles. The van der Waals surface area contributed by atoms with Crippen molar-refractivity contribution >= 4 is 0 Å². The number of rotatable bonds is 3. The standard InChI is InChI=1S/C37H31F15N4/c38-23-20(24(39)30(45)35(50)29(23)44)17-11-3-1-9(53-11)10-2-4-12(54-10)18(21-25(40)31(46)36(51)32(47)26(21)41)14-6-8-16(56-14)19(15-7-5-13(17)55-15)22-27(42)33(48)37(52)34(49)28(22)43/h9-19,53-56H,1-8H2. The smallest absolute Gasteiger partial charge is 0.200 e. The summed E-state index contributed by atoms with van der Waals surface area (Å²) < 4.78 is 225. The molecule has 10 unspecified atom stereocenters. The Morgan fingerprint density at radius 2 is 0.357 bits per heavy atom. The Kier molecular flexibility index (Phi) is 10.1. The molecule has 4 nitrogen and oxygen atoms in total. The molecular formula is C37H31F15N4. The monoisotopic (exact) mass is 816 g/mol. The molecule has 5 fully saturated rings. The predicted molar refractivity (Wildman–Crippen MR) is 167 cm³/mol. The lowest BCUT2D eigenvalue weighted by molar-refractivity contribution is 0.293. The second kappa shape index (κ2) is 14.4. The van der Waals surface area contributed by atoms with Crippen LogP contribution in [0.15, 0.2) is 0 Å². The van der Waals surface area contributed by atoms with E-state index >= 15 is 26.3 Å². The lowest BCUT2D eigenvalue weighted by Gasteiger charge is -2.36. The third-order valence-corrected chi connectivity index (χ3v) is 12.7. The summed E-state index contributed by atoms with van der Waals surface area (Å²) >= 11 is 0. The van der Waals surface area contributed by atoms with E-state index in [9.17, 15) is 39.5 Å². The molecule has 0 radical (unpaired) electrons. The van der Waals surface area contributed by atoms with Crippen molar-refractivity contribution in [2.45, 2.75) is 117 Å². The summed E-state index contributed by atoms with van der Waals surface area (Å²) in [4.78, 5) is 0. The zero-order valence-corrected chi connectivity index (χ0v) is 28.7. The fraction of sp³-hybridized carbons (Fsp3) is 0.514. The second-order valence-electron chi connectivity index (χ2n) is 15.4. The lowest BCUT2D eigenvalue weighted by atomic mass is 9.82. The van der Waals surface area contributed by atoms with Crippen molar-refractivity contribution in [1.82, 2.24) is 21.3 Å². The van der Waals surface area contributed by atoms with E-state index in [4.69, 9.17) is 0 Å². The molecule has 5 heterocycles. The number of fused-ring (bicyclic) bond motifs is 9. The first-order chi connectivity index (χ1) is 26.5. The van der Waals surface area contributed by atoms with Gasteiger partial charge in [-0.3, -0.25) is 0 Å². The SMILES string of the molecule is Fc1c(F)c(F)c(C2C3CCC(N3)C3CCC(N3)C(c3c(F)c(F)c(F)c(F)c3F)C3CCC(N3)C(c3c(F)c(F)c(F)c(F)c3F)C3CCC2N3)c(F)c1F. The van der Waals surface area contributed by atoms with Crippen molar-refractivity contribution < 1.29 is 65.9 Å². The Labute approximate surface area is 308 Å². The molecule has 0 saturated carbocycles. The maximum absolute atomic E-state index is 15.7. The van der Waals surface area contributed by atoms with E-state index < -0.39 is 170 Å². The molecule has 3 aromatic rings. The van der Waals surface area contributed by atoms with Crippen LogP contribution in [0.2, 0.25) is 0 Å². The van der Waals surface area contributed by atoms with Crippen LogP contribution in [0.4, 0.5) is 65.9 Å². The fourth-order valence-electron chi connectivity index (χ4n) is 10.3. The zero-order valence-electron chi connectivity index (χ0n) is 28.7. The highest BCUT2D eigenvalue weighted by atomic mass is 19.2. The van der Waals surface area contributed by atoms with E-state index in [1.807, 2.05) is 0 Å². The molecule has 0 spiro atoms. The van der Waals surface area contributed by atoms with Gasteiger partial charge in [0.25, 0.3) is 0 Å². The van der Waals surface area contributed by atoms with Crippen LogP contribution in [0.3, 0.4) is 0 Å². The van der Waals surface area contributed by atoms with Gasteiger partial charge in [0.05, 0.1) is 0 Å². The number of nitrogens with one attached hydrogen (secondary N) is 4. The van der Waals surface area contributed by atoms with Gasteiger partial charge in [0, 0.05) is 82.8 Å². The normalized spacial score (nSPS) is 32.9. The minimum atomic E-state index is -2.48. The van der Waals surface area contributed by atoms with Crippen LogP contribution < -0.4 is 21.3 Å². The minimum Gasteiger partial charge on any atom is -0.310 e. The third kappa shape index (κ3) is 5.91. The molecule has 8 bridgehead atoms. The van der Waals surface area contributed by atoms with E-state index in [0.29, 0.717) is 0 Å². The first-order valence-electron chi connectivity index (χ1n) is 18.1. The van der Waals surface area contributed by atoms with Crippen LogP contribution in [0, 0.1) is 87.3 Å². The first-order valence-corrected chi connectivity index (χ1v) is 18.1. The van der Waals surface area contributed by atoms with Crippen molar-refractivity contribution in [2.24, 2.45) is 0 Å². The van der Waals surface area contributed by atoms with E-state index in [2.05, 4.69) is 21.3 Å². The van der Waals surface area contributed by atoms with Crippen LogP contribution in [0.25, 0.3) is 0 Å². The minimum absolute atomic E-state index is 0.0649. The average Bonchev–Trinajstić information content (AvgIpc) is 4.03. The highest BCUT2D eigenvalue weighted by Crippen LogP contribution is 2.47. The first kappa shape index (κ1) is 39.3. The number of halogens is 15.